The lowest BCUT2D eigenvalue weighted by molar-refractivity contribution is 0.439. The Morgan fingerprint density at radius 3 is 3.17 bits per heavy atom. The van der Waals surface area contributed by atoms with Gasteiger partial charge < -0.3 is 9.73 Å². The van der Waals surface area contributed by atoms with Gasteiger partial charge >= 0.3 is 0 Å². The second-order valence-corrected chi connectivity index (χ2v) is 3.39. The molecule has 2 heterocycles. The first-order chi connectivity index (χ1) is 5.97. The largest absolute Gasteiger partial charge is 0.469 e. The SMILES string of the molecule is c1coc(C2CCCNCC2)c1. The summed E-state index contributed by atoms with van der Waals surface area (Å²) in [6, 6.07) is 4.07. The van der Waals surface area contributed by atoms with Gasteiger partial charge in [0.15, 0.2) is 0 Å². The third kappa shape index (κ3) is 1.69. The number of furan rings is 1. The van der Waals surface area contributed by atoms with Crippen molar-refractivity contribution in [2.45, 2.75) is 25.2 Å². The molecule has 1 aliphatic rings. The van der Waals surface area contributed by atoms with Crippen LogP contribution in [0, 0.1) is 0 Å². The smallest absolute Gasteiger partial charge is 0.106 e. The minimum Gasteiger partial charge on any atom is -0.469 e. The maximum Gasteiger partial charge on any atom is 0.106 e. The van der Waals surface area contributed by atoms with E-state index in [0.29, 0.717) is 5.92 Å². The van der Waals surface area contributed by atoms with Gasteiger partial charge in [0.05, 0.1) is 6.26 Å². The Balaban J connectivity index is 2.02. The van der Waals surface area contributed by atoms with Crippen molar-refractivity contribution in [3.8, 4) is 0 Å². The van der Waals surface area contributed by atoms with E-state index in [-0.39, 0.29) is 0 Å². The van der Waals surface area contributed by atoms with Crippen molar-refractivity contribution in [1.82, 2.24) is 5.32 Å². The molecule has 0 radical (unpaired) electrons. The zero-order valence-corrected chi connectivity index (χ0v) is 7.25. The minimum absolute atomic E-state index is 0.648. The highest BCUT2D eigenvalue weighted by Gasteiger charge is 2.15. The van der Waals surface area contributed by atoms with Crippen molar-refractivity contribution in [1.29, 1.82) is 0 Å². The highest BCUT2D eigenvalue weighted by atomic mass is 16.3. The Hall–Kier alpha value is -0.760. The molecular formula is C10H15NO. The predicted molar refractivity (Wildman–Crippen MR) is 48.2 cm³/mol. The van der Waals surface area contributed by atoms with E-state index >= 15 is 0 Å². The Morgan fingerprint density at radius 1 is 1.33 bits per heavy atom. The molecule has 0 aromatic carbocycles. The molecule has 2 heteroatoms. The highest BCUT2D eigenvalue weighted by molar-refractivity contribution is 5.05. The van der Waals surface area contributed by atoms with E-state index in [1.54, 1.807) is 6.26 Å². The molecule has 1 fully saturated rings. The van der Waals surface area contributed by atoms with Crippen LogP contribution >= 0.6 is 0 Å². The summed E-state index contributed by atoms with van der Waals surface area (Å²) in [5, 5.41) is 3.40. The molecule has 1 atom stereocenters. The topological polar surface area (TPSA) is 25.2 Å². The molecule has 0 amide bonds. The van der Waals surface area contributed by atoms with Crippen molar-refractivity contribution < 1.29 is 4.42 Å². The van der Waals surface area contributed by atoms with E-state index in [4.69, 9.17) is 4.42 Å². The summed E-state index contributed by atoms with van der Waals surface area (Å²) in [6.45, 7) is 2.29. The Morgan fingerprint density at radius 2 is 2.33 bits per heavy atom. The first-order valence-electron chi connectivity index (χ1n) is 4.71. The second-order valence-electron chi connectivity index (χ2n) is 3.39. The molecule has 0 saturated carbocycles. The first kappa shape index (κ1) is 7.87. The molecular weight excluding hydrogens is 150 g/mol. The maximum absolute atomic E-state index is 5.40. The van der Waals surface area contributed by atoms with Gasteiger partial charge in [-0.2, -0.15) is 0 Å². The van der Waals surface area contributed by atoms with Crippen LogP contribution in [0.25, 0.3) is 0 Å². The summed E-state index contributed by atoms with van der Waals surface area (Å²) < 4.78 is 5.40. The fraction of sp³-hybridized carbons (Fsp3) is 0.600. The maximum atomic E-state index is 5.40. The quantitative estimate of drug-likeness (QED) is 0.689. The van der Waals surface area contributed by atoms with Crippen LogP contribution in [-0.4, -0.2) is 13.1 Å². The Bertz CT molecular complexity index is 210. The zero-order chi connectivity index (χ0) is 8.23. The van der Waals surface area contributed by atoms with Crippen LogP contribution in [-0.2, 0) is 0 Å². The van der Waals surface area contributed by atoms with E-state index in [9.17, 15) is 0 Å². The van der Waals surface area contributed by atoms with E-state index in [1.165, 1.54) is 25.0 Å². The summed E-state index contributed by atoms with van der Waals surface area (Å²) in [4.78, 5) is 0. The van der Waals surface area contributed by atoms with Gasteiger partial charge in [-0.25, -0.2) is 0 Å². The van der Waals surface area contributed by atoms with Gasteiger partial charge in [-0.3, -0.25) is 0 Å². The van der Waals surface area contributed by atoms with Crippen molar-refractivity contribution in [2.75, 3.05) is 13.1 Å². The van der Waals surface area contributed by atoms with E-state index in [0.717, 1.165) is 13.1 Å². The predicted octanol–water partition coefficient (Wildman–Crippen LogP) is 2.14. The minimum atomic E-state index is 0.648. The molecule has 0 spiro atoms. The van der Waals surface area contributed by atoms with Crippen molar-refractivity contribution in [3.63, 3.8) is 0 Å². The summed E-state index contributed by atoms with van der Waals surface area (Å²) in [5.41, 5.74) is 0. The molecule has 66 valence electrons. The molecule has 1 saturated heterocycles. The van der Waals surface area contributed by atoms with Gasteiger partial charge in [0.1, 0.15) is 5.76 Å². The molecule has 1 unspecified atom stereocenters. The Labute approximate surface area is 73.0 Å². The molecule has 0 aliphatic carbocycles. The molecule has 1 aliphatic heterocycles. The monoisotopic (exact) mass is 165 g/mol. The molecule has 1 N–H and O–H groups in total. The van der Waals surface area contributed by atoms with Crippen molar-refractivity contribution >= 4 is 0 Å². The normalized spacial score (nSPS) is 25.2. The molecule has 0 bridgehead atoms. The number of rotatable bonds is 1. The Kier molecular flexibility index (Phi) is 2.47. The lowest BCUT2D eigenvalue weighted by Gasteiger charge is -2.09. The van der Waals surface area contributed by atoms with Crippen LogP contribution in [0.2, 0.25) is 0 Å². The van der Waals surface area contributed by atoms with Crippen molar-refractivity contribution in [2.24, 2.45) is 0 Å². The molecule has 12 heavy (non-hydrogen) atoms. The molecule has 2 nitrogen and oxygen atoms in total. The standard InChI is InChI=1S/C10H15NO/c1-3-9(5-7-11-6-1)10-4-2-8-12-10/h2,4,8-9,11H,1,3,5-7H2. The highest BCUT2D eigenvalue weighted by Crippen LogP contribution is 2.25. The van der Waals surface area contributed by atoms with Gasteiger partial charge in [-0.05, 0) is 44.5 Å². The van der Waals surface area contributed by atoms with Gasteiger partial charge in [0, 0.05) is 5.92 Å². The van der Waals surface area contributed by atoms with Crippen LogP contribution in [0.3, 0.4) is 0 Å². The van der Waals surface area contributed by atoms with Crippen LogP contribution in [0.5, 0.6) is 0 Å². The average molecular weight is 165 g/mol. The summed E-state index contributed by atoms with van der Waals surface area (Å²) in [5.74, 6) is 1.81. The fourth-order valence-electron chi connectivity index (χ4n) is 1.83. The number of hydrogen-bond donors (Lipinski definition) is 1. The number of nitrogens with one attached hydrogen (secondary N) is 1. The van der Waals surface area contributed by atoms with Crippen LogP contribution in [0.15, 0.2) is 22.8 Å². The van der Waals surface area contributed by atoms with Crippen LogP contribution in [0.4, 0.5) is 0 Å². The van der Waals surface area contributed by atoms with Gasteiger partial charge in [-0.1, -0.05) is 0 Å². The number of hydrogen-bond acceptors (Lipinski definition) is 2. The first-order valence-corrected chi connectivity index (χ1v) is 4.71. The third-order valence-corrected chi connectivity index (χ3v) is 2.52. The van der Waals surface area contributed by atoms with Gasteiger partial charge in [0.25, 0.3) is 0 Å². The van der Waals surface area contributed by atoms with E-state index in [2.05, 4.69) is 11.4 Å². The molecule has 1 aromatic heterocycles. The fourth-order valence-corrected chi connectivity index (χ4v) is 1.83. The lowest BCUT2D eigenvalue weighted by Crippen LogP contribution is -2.13. The molecule has 2 rings (SSSR count). The second kappa shape index (κ2) is 3.76. The molecule has 1 aromatic rings. The lowest BCUT2D eigenvalue weighted by atomic mass is 9.98. The van der Waals surface area contributed by atoms with Gasteiger partial charge in [0.2, 0.25) is 0 Å². The third-order valence-electron chi connectivity index (χ3n) is 2.52. The van der Waals surface area contributed by atoms with E-state index in [1.807, 2.05) is 6.07 Å². The van der Waals surface area contributed by atoms with Crippen molar-refractivity contribution in [3.05, 3.63) is 24.2 Å². The van der Waals surface area contributed by atoms with Gasteiger partial charge in [-0.15, -0.1) is 0 Å². The summed E-state index contributed by atoms with van der Waals surface area (Å²) in [7, 11) is 0. The average Bonchev–Trinajstić information content (AvgIpc) is 2.48. The summed E-state index contributed by atoms with van der Waals surface area (Å²) in [6.07, 6.45) is 5.52. The van der Waals surface area contributed by atoms with Crippen LogP contribution in [0.1, 0.15) is 30.9 Å². The van der Waals surface area contributed by atoms with E-state index < -0.39 is 0 Å². The summed E-state index contributed by atoms with van der Waals surface area (Å²) >= 11 is 0. The van der Waals surface area contributed by atoms with Crippen LogP contribution < -0.4 is 5.32 Å². The zero-order valence-electron chi connectivity index (χ0n) is 7.25.